The van der Waals surface area contributed by atoms with E-state index in [1.807, 2.05) is 0 Å². The number of carbonyl (C=O) groups is 1. The Morgan fingerprint density at radius 1 is 0.975 bits per heavy atom. The average Bonchev–Trinajstić information content (AvgIpc) is 2.93. The van der Waals surface area contributed by atoms with Gasteiger partial charge in [0.05, 0.1) is 12.0 Å². The standard InChI is InChI=1S/C30H33F4N5O/c1-37-27(40)10-6-16-38-15-5-9-23-13-11-22(19-39-23)28(21-12-14-26(35)24(17-21)29(31)36)25(18-30(32,33)34)20-7-3-2-4-8-20/h2-4,7-8,11-14,17,19,36,38H,5-6,9-10,15-16,18,35H2,1H3,(H,37,40)/b28-25-,36-29?. The number of hydrogen-bond acceptors (Lipinski definition) is 5. The first-order valence-corrected chi connectivity index (χ1v) is 12.9. The molecule has 0 aliphatic rings. The molecular weight excluding hydrogens is 522 g/mol. The van der Waals surface area contributed by atoms with Crippen molar-refractivity contribution in [2.75, 3.05) is 25.9 Å². The number of carbonyl (C=O) groups excluding carboxylic acids is 1. The summed E-state index contributed by atoms with van der Waals surface area (Å²) in [4.78, 5) is 15.8. The van der Waals surface area contributed by atoms with Crippen molar-refractivity contribution in [3.63, 3.8) is 0 Å². The van der Waals surface area contributed by atoms with Crippen molar-refractivity contribution in [3.8, 4) is 0 Å². The zero-order chi connectivity index (χ0) is 29.1. The van der Waals surface area contributed by atoms with Gasteiger partial charge in [-0.15, -0.1) is 0 Å². The Bertz CT molecular complexity index is 1320. The van der Waals surface area contributed by atoms with Crippen LogP contribution in [0.1, 0.15) is 53.6 Å². The topological polar surface area (TPSA) is 104 Å². The van der Waals surface area contributed by atoms with Crippen LogP contribution < -0.4 is 16.4 Å². The van der Waals surface area contributed by atoms with Crippen LogP contribution in [0.2, 0.25) is 0 Å². The molecule has 0 saturated carbocycles. The smallest absolute Gasteiger partial charge is 0.393 e. The summed E-state index contributed by atoms with van der Waals surface area (Å²) < 4.78 is 55.4. The fourth-order valence-corrected chi connectivity index (χ4v) is 4.33. The summed E-state index contributed by atoms with van der Waals surface area (Å²) in [5, 5.41) is 13.3. The van der Waals surface area contributed by atoms with Crippen LogP contribution in [0, 0.1) is 5.41 Å². The van der Waals surface area contributed by atoms with E-state index < -0.39 is 18.6 Å². The van der Waals surface area contributed by atoms with Gasteiger partial charge in [-0.2, -0.15) is 17.6 Å². The van der Waals surface area contributed by atoms with Gasteiger partial charge in [0.1, 0.15) is 0 Å². The van der Waals surface area contributed by atoms with E-state index in [9.17, 15) is 22.4 Å². The monoisotopic (exact) mass is 555 g/mol. The number of allylic oxidation sites excluding steroid dienone is 1. The van der Waals surface area contributed by atoms with Crippen molar-refractivity contribution in [2.24, 2.45) is 0 Å². The lowest BCUT2D eigenvalue weighted by Gasteiger charge is -2.19. The third-order valence-corrected chi connectivity index (χ3v) is 6.32. The second kappa shape index (κ2) is 14.4. The average molecular weight is 556 g/mol. The zero-order valence-electron chi connectivity index (χ0n) is 22.2. The van der Waals surface area contributed by atoms with Crippen molar-refractivity contribution >= 4 is 28.7 Å². The summed E-state index contributed by atoms with van der Waals surface area (Å²) in [6, 6.07) is 15.9. The predicted octanol–water partition coefficient (Wildman–Crippen LogP) is 5.92. The number of pyridine rings is 1. The molecule has 2 aromatic carbocycles. The minimum Gasteiger partial charge on any atom is -0.398 e. The van der Waals surface area contributed by atoms with Gasteiger partial charge in [-0.05, 0) is 72.8 Å². The highest BCUT2D eigenvalue weighted by atomic mass is 19.4. The third kappa shape index (κ3) is 9.01. The molecule has 0 bridgehead atoms. The van der Waals surface area contributed by atoms with E-state index in [0.717, 1.165) is 31.6 Å². The first kappa shape index (κ1) is 30.5. The number of aryl methyl sites for hydroxylation is 1. The number of hydrogen-bond donors (Lipinski definition) is 4. The number of alkyl halides is 3. The minimum absolute atomic E-state index is 0.00307. The maximum absolute atomic E-state index is 13.9. The molecule has 1 heterocycles. The van der Waals surface area contributed by atoms with E-state index >= 15 is 0 Å². The molecule has 3 rings (SSSR count). The van der Waals surface area contributed by atoms with Crippen LogP contribution in [-0.4, -0.2) is 43.2 Å². The Morgan fingerprint density at radius 3 is 2.30 bits per heavy atom. The molecule has 0 aliphatic carbocycles. The summed E-state index contributed by atoms with van der Waals surface area (Å²) in [6.07, 6.45) is -1.56. The van der Waals surface area contributed by atoms with E-state index in [1.54, 1.807) is 49.5 Å². The summed E-state index contributed by atoms with van der Waals surface area (Å²) in [7, 11) is 1.61. The molecule has 0 aliphatic heterocycles. The molecule has 0 radical (unpaired) electrons. The number of anilines is 1. The molecule has 6 nitrogen and oxygen atoms in total. The first-order valence-electron chi connectivity index (χ1n) is 12.9. The van der Waals surface area contributed by atoms with E-state index in [-0.39, 0.29) is 28.3 Å². The van der Waals surface area contributed by atoms with Crippen molar-refractivity contribution in [1.29, 1.82) is 5.41 Å². The van der Waals surface area contributed by atoms with E-state index in [1.165, 1.54) is 24.4 Å². The Balaban J connectivity index is 1.92. The van der Waals surface area contributed by atoms with E-state index in [0.29, 0.717) is 29.5 Å². The van der Waals surface area contributed by atoms with E-state index in [2.05, 4.69) is 15.6 Å². The molecule has 1 amide bonds. The molecule has 10 heteroatoms. The number of nitrogens with two attached hydrogens (primary N) is 1. The van der Waals surface area contributed by atoms with Gasteiger partial charge < -0.3 is 16.4 Å². The fraction of sp³-hybridized carbons (Fsp3) is 0.300. The molecule has 40 heavy (non-hydrogen) atoms. The molecule has 3 aromatic rings. The number of nitrogen functional groups attached to an aromatic ring is 1. The van der Waals surface area contributed by atoms with Crippen molar-refractivity contribution < 1.29 is 22.4 Å². The van der Waals surface area contributed by atoms with Gasteiger partial charge in [0, 0.05) is 36.6 Å². The van der Waals surface area contributed by atoms with Crippen LogP contribution in [-0.2, 0) is 11.2 Å². The Hall–Kier alpha value is -4.05. The first-order chi connectivity index (χ1) is 19.1. The lowest BCUT2D eigenvalue weighted by atomic mass is 9.87. The molecule has 5 N–H and O–H groups in total. The summed E-state index contributed by atoms with van der Waals surface area (Å²) in [5.41, 5.74) is 7.77. The number of nitrogens with zero attached hydrogens (tertiary/aromatic N) is 1. The van der Waals surface area contributed by atoms with Crippen LogP contribution in [0.4, 0.5) is 23.2 Å². The highest BCUT2D eigenvalue weighted by molar-refractivity contribution is 6.02. The Labute approximate surface area is 231 Å². The Kier molecular flexibility index (Phi) is 11.0. The molecule has 1 aromatic heterocycles. The van der Waals surface area contributed by atoms with Crippen LogP contribution >= 0.6 is 0 Å². The number of rotatable bonds is 13. The number of nitrogens with one attached hydrogen (secondary N) is 3. The lowest BCUT2D eigenvalue weighted by Crippen LogP contribution is -2.22. The molecular formula is C30H33F4N5O. The number of amides is 1. The second-order valence-electron chi connectivity index (χ2n) is 9.30. The normalized spacial score (nSPS) is 12.1. The molecule has 0 saturated heterocycles. The molecule has 0 atom stereocenters. The maximum atomic E-state index is 13.9. The number of halogens is 4. The zero-order valence-corrected chi connectivity index (χ0v) is 22.2. The summed E-state index contributed by atoms with van der Waals surface area (Å²) in [6.45, 7) is 1.45. The van der Waals surface area contributed by atoms with Crippen LogP contribution in [0.5, 0.6) is 0 Å². The SMILES string of the molecule is CNC(=O)CCCNCCCc1ccc(/C(=C(/CC(F)(F)F)c2ccccc2)c2ccc(N)c(C(=N)F)c2)cn1. The summed E-state index contributed by atoms with van der Waals surface area (Å²) in [5.74, 6) is -1.27. The fourth-order valence-electron chi connectivity index (χ4n) is 4.33. The van der Waals surface area contributed by atoms with Gasteiger partial charge in [0.2, 0.25) is 11.9 Å². The Morgan fingerprint density at radius 2 is 1.68 bits per heavy atom. The van der Waals surface area contributed by atoms with Crippen LogP contribution in [0.25, 0.3) is 11.1 Å². The van der Waals surface area contributed by atoms with Gasteiger partial charge >= 0.3 is 6.18 Å². The largest absolute Gasteiger partial charge is 0.398 e. The van der Waals surface area contributed by atoms with Gasteiger partial charge in [0.15, 0.2) is 0 Å². The molecule has 0 unspecified atom stereocenters. The molecule has 0 fully saturated rings. The highest BCUT2D eigenvalue weighted by Gasteiger charge is 2.31. The minimum atomic E-state index is -4.51. The summed E-state index contributed by atoms with van der Waals surface area (Å²) >= 11 is 0. The van der Waals surface area contributed by atoms with Crippen molar-refractivity contribution in [1.82, 2.24) is 15.6 Å². The van der Waals surface area contributed by atoms with Gasteiger partial charge in [-0.1, -0.05) is 42.5 Å². The lowest BCUT2D eigenvalue weighted by molar-refractivity contribution is -0.123. The van der Waals surface area contributed by atoms with Crippen LogP contribution in [0.3, 0.4) is 0 Å². The number of aromatic nitrogens is 1. The second-order valence-corrected chi connectivity index (χ2v) is 9.30. The van der Waals surface area contributed by atoms with Crippen LogP contribution in [0.15, 0.2) is 66.9 Å². The van der Waals surface area contributed by atoms with Crippen molar-refractivity contribution in [2.45, 2.75) is 38.3 Å². The maximum Gasteiger partial charge on any atom is 0.393 e. The van der Waals surface area contributed by atoms with Crippen molar-refractivity contribution in [3.05, 3.63) is 94.8 Å². The third-order valence-electron chi connectivity index (χ3n) is 6.32. The van der Waals surface area contributed by atoms with Gasteiger partial charge in [0.25, 0.3) is 0 Å². The van der Waals surface area contributed by atoms with Gasteiger partial charge in [-0.3, -0.25) is 15.2 Å². The number of benzene rings is 2. The molecule has 0 spiro atoms. The quantitative estimate of drug-likeness (QED) is 0.0691. The van der Waals surface area contributed by atoms with Gasteiger partial charge in [-0.25, -0.2) is 0 Å². The predicted molar refractivity (Wildman–Crippen MR) is 151 cm³/mol. The highest BCUT2D eigenvalue weighted by Crippen LogP contribution is 2.39. The van der Waals surface area contributed by atoms with E-state index in [4.69, 9.17) is 11.1 Å². The molecule has 212 valence electrons.